The van der Waals surface area contributed by atoms with Gasteiger partial charge in [0.2, 0.25) is 11.9 Å². The first kappa shape index (κ1) is 22.1. The van der Waals surface area contributed by atoms with Crippen LogP contribution in [0.5, 0.6) is 0 Å². The lowest BCUT2D eigenvalue weighted by atomic mass is 9.96. The van der Waals surface area contributed by atoms with Crippen LogP contribution in [-0.4, -0.2) is 28.5 Å². The molecular weight excluding hydrogens is 434 g/mol. The third kappa shape index (κ3) is 4.78. The lowest BCUT2D eigenvalue weighted by Gasteiger charge is -2.32. The summed E-state index contributed by atoms with van der Waals surface area (Å²) in [6.45, 7) is 2.23. The van der Waals surface area contributed by atoms with Gasteiger partial charge in [0.25, 0.3) is 0 Å². The average Bonchev–Trinajstić information content (AvgIpc) is 3.21. The molecule has 1 aromatic heterocycles. The van der Waals surface area contributed by atoms with E-state index in [4.69, 9.17) is 4.98 Å². The van der Waals surface area contributed by atoms with Crippen LogP contribution in [0, 0.1) is 17.6 Å². The molecule has 0 spiro atoms. The fraction of sp³-hybridized carbons (Fsp3) is 0.259. The highest BCUT2D eigenvalue weighted by molar-refractivity contribution is 5.80. The second-order valence-corrected chi connectivity index (χ2v) is 8.73. The third-order valence-electron chi connectivity index (χ3n) is 6.37. The summed E-state index contributed by atoms with van der Waals surface area (Å²) >= 11 is 0. The maximum Gasteiger partial charge on any atom is 0.223 e. The van der Waals surface area contributed by atoms with Crippen molar-refractivity contribution in [1.82, 2.24) is 14.9 Å². The van der Waals surface area contributed by atoms with Crippen molar-refractivity contribution in [1.29, 1.82) is 0 Å². The van der Waals surface area contributed by atoms with Crippen molar-refractivity contribution in [2.45, 2.75) is 25.9 Å². The molecule has 0 atom stereocenters. The van der Waals surface area contributed by atoms with E-state index >= 15 is 0 Å². The Morgan fingerprint density at radius 2 is 1.59 bits per heavy atom. The van der Waals surface area contributed by atoms with Crippen LogP contribution in [0.4, 0.5) is 14.7 Å². The number of aromatic nitrogens is 2. The predicted molar refractivity (Wildman–Crippen MR) is 128 cm³/mol. The Hall–Kier alpha value is -3.74. The molecule has 0 bridgehead atoms. The second kappa shape index (κ2) is 9.63. The Morgan fingerprint density at radius 1 is 0.912 bits per heavy atom. The Kier molecular flexibility index (Phi) is 6.25. The first-order valence-corrected chi connectivity index (χ1v) is 11.5. The Balaban J connectivity index is 1.28. The van der Waals surface area contributed by atoms with Crippen LogP contribution in [-0.2, 0) is 17.9 Å². The number of imidazole rings is 1. The number of carbonyl (C=O) groups is 1. The molecule has 7 heteroatoms. The van der Waals surface area contributed by atoms with E-state index in [1.54, 1.807) is 24.3 Å². The number of carbonyl (C=O) groups excluding carboxylic acids is 1. The zero-order valence-corrected chi connectivity index (χ0v) is 18.8. The van der Waals surface area contributed by atoms with Crippen molar-refractivity contribution in [3.63, 3.8) is 0 Å². The van der Waals surface area contributed by atoms with Gasteiger partial charge < -0.3 is 14.8 Å². The lowest BCUT2D eigenvalue weighted by molar-refractivity contribution is -0.125. The van der Waals surface area contributed by atoms with E-state index < -0.39 is 0 Å². The number of amides is 1. The number of rotatable bonds is 6. The fourth-order valence-electron chi connectivity index (χ4n) is 4.60. The minimum atomic E-state index is -0.304. The van der Waals surface area contributed by atoms with Gasteiger partial charge in [-0.05, 0) is 60.4 Å². The molecule has 4 aromatic rings. The smallest absolute Gasteiger partial charge is 0.223 e. The maximum atomic E-state index is 13.8. The second-order valence-electron chi connectivity index (χ2n) is 8.73. The molecule has 5 nitrogen and oxygen atoms in total. The van der Waals surface area contributed by atoms with Crippen molar-refractivity contribution in [3.05, 3.63) is 95.6 Å². The largest absolute Gasteiger partial charge is 0.352 e. The number of halogens is 2. The molecule has 0 unspecified atom stereocenters. The summed E-state index contributed by atoms with van der Waals surface area (Å²) in [5.41, 5.74) is 3.51. The summed E-state index contributed by atoms with van der Waals surface area (Å²) in [5.74, 6) is 0.182. The standard InChI is InChI=1S/C27H26F2N4O/c28-22-7-3-5-19(15-22)17-30-26(34)21-11-13-32(14-12-21)27-31-24-9-1-2-10-25(24)33(27)18-20-6-4-8-23(29)16-20/h1-10,15-16,21H,11-14,17-18H2,(H,30,34). The van der Waals surface area contributed by atoms with Crippen molar-refractivity contribution in [3.8, 4) is 0 Å². The SMILES string of the molecule is O=C(NCc1cccc(F)c1)C1CCN(c2nc3ccccc3n2Cc2cccc(F)c2)CC1. The van der Waals surface area contributed by atoms with Crippen molar-refractivity contribution in [2.75, 3.05) is 18.0 Å². The quantitative estimate of drug-likeness (QED) is 0.446. The van der Waals surface area contributed by atoms with Gasteiger partial charge in [0, 0.05) is 25.6 Å². The van der Waals surface area contributed by atoms with Gasteiger partial charge in [-0.1, -0.05) is 36.4 Å². The molecule has 1 fully saturated rings. The van der Waals surface area contributed by atoms with Gasteiger partial charge in [0.05, 0.1) is 17.6 Å². The van der Waals surface area contributed by atoms with Crippen LogP contribution < -0.4 is 10.2 Å². The number of fused-ring (bicyclic) bond motifs is 1. The molecule has 1 N–H and O–H groups in total. The van der Waals surface area contributed by atoms with Crippen LogP contribution in [0.3, 0.4) is 0 Å². The van der Waals surface area contributed by atoms with Crippen LogP contribution in [0.15, 0.2) is 72.8 Å². The van der Waals surface area contributed by atoms with E-state index in [0.717, 1.165) is 28.1 Å². The van der Waals surface area contributed by atoms with Crippen molar-refractivity contribution < 1.29 is 13.6 Å². The summed E-state index contributed by atoms with van der Waals surface area (Å²) in [7, 11) is 0. The highest BCUT2D eigenvalue weighted by atomic mass is 19.1. The van der Waals surface area contributed by atoms with Crippen LogP contribution in [0.1, 0.15) is 24.0 Å². The monoisotopic (exact) mass is 460 g/mol. The molecule has 3 aromatic carbocycles. The van der Waals surface area contributed by atoms with Gasteiger partial charge in [0.1, 0.15) is 11.6 Å². The maximum absolute atomic E-state index is 13.8. The van der Waals surface area contributed by atoms with E-state index in [9.17, 15) is 13.6 Å². The molecule has 1 aliphatic heterocycles. The van der Waals surface area contributed by atoms with Crippen molar-refractivity contribution >= 4 is 22.9 Å². The Bertz CT molecular complexity index is 1310. The van der Waals surface area contributed by atoms with Crippen LogP contribution in [0.25, 0.3) is 11.0 Å². The van der Waals surface area contributed by atoms with Gasteiger partial charge in [-0.25, -0.2) is 13.8 Å². The minimum Gasteiger partial charge on any atom is -0.352 e. The van der Waals surface area contributed by atoms with E-state index in [0.29, 0.717) is 39.0 Å². The molecule has 2 heterocycles. The van der Waals surface area contributed by atoms with Gasteiger partial charge in [-0.15, -0.1) is 0 Å². The van der Waals surface area contributed by atoms with Gasteiger partial charge in [0.15, 0.2) is 0 Å². The first-order valence-electron chi connectivity index (χ1n) is 11.5. The zero-order valence-electron chi connectivity index (χ0n) is 18.8. The topological polar surface area (TPSA) is 50.2 Å². The highest BCUT2D eigenvalue weighted by Crippen LogP contribution is 2.28. The zero-order chi connectivity index (χ0) is 23.5. The van der Waals surface area contributed by atoms with Crippen molar-refractivity contribution in [2.24, 2.45) is 5.92 Å². The molecule has 5 rings (SSSR count). The van der Waals surface area contributed by atoms with Gasteiger partial charge in [-0.3, -0.25) is 4.79 Å². The first-order chi connectivity index (χ1) is 16.6. The van der Waals surface area contributed by atoms with Crippen LogP contribution >= 0.6 is 0 Å². The number of anilines is 1. The Labute approximate surface area is 197 Å². The molecule has 1 aliphatic rings. The Morgan fingerprint density at radius 3 is 2.32 bits per heavy atom. The average molecular weight is 461 g/mol. The number of hydrogen-bond acceptors (Lipinski definition) is 3. The molecule has 1 saturated heterocycles. The molecular formula is C27H26F2N4O. The van der Waals surface area contributed by atoms with Gasteiger partial charge in [-0.2, -0.15) is 0 Å². The molecule has 1 amide bonds. The summed E-state index contributed by atoms with van der Waals surface area (Å²) in [5, 5.41) is 2.94. The summed E-state index contributed by atoms with van der Waals surface area (Å²) in [6.07, 6.45) is 1.41. The minimum absolute atomic E-state index is 0.00262. The predicted octanol–water partition coefficient (Wildman–Crippen LogP) is 4.90. The van der Waals surface area contributed by atoms with E-state index in [1.165, 1.54) is 18.2 Å². The van der Waals surface area contributed by atoms with Gasteiger partial charge >= 0.3 is 0 Å². The number of nitrogens with one attached hydrogen (secondary N) is 1. The fourth-order valence-corrected chi connectivity index (χ4v) is 4.60. The van der Waals surface area contributed by atoms with E-state index in [-0.39, 0.29) is 23.5 Å². The molecule has 0 saturated carbocycles. The van der Waals surface area contributed by atoms with E-state index in [1.807, 2.05) is 30.3 Å². The molecule has 34 heavy (non-hydrogen) atoms. The number of piperidine rings is 1. The highest BCUT2D eigenvalue weighted by Gasteiger charge is 2.27. The summed E-state index contributed by atoms with van der Waals surface area (Å²) in [4.78, 5) is 19.8. The number of nitrogens with zero attached hydrogens (tertiary/aromatic N) is 3. The summed E-state index contributed by atoms with van der Waals surface area (Å²) < 4.78 is 29.3. The molecule has 174 valence electrons. The van der Waals surface area contributed by atoms with Crippen LogP contribution in [0.2, 0.25) is 0 Å². The molecule has 0 radical (unpaired) electrons. The summed E-state index contributed by atoms with van der Waals surface area (Å²) in [6, 6.07) is 20.8. The normalized spacial score (nSPS) is 14.5. The molecule has 0 aliphatic carbocycles. The number of hydrogen-bond donors (Lipinski definition) is 1. The van der Waals surface area contributed by atoms with E-state index in [2.05, 4.69) is 14.8 Å². The number of benzene rings is 3. The lowest BCUT2D eigenvalue weighted by Crippen LogP contribution is -2.41. The third-order valence-corrected chi connectivity index (χ3v) is 6.37. The number of para-hydroxylation sites is 2.